The number of likely N-dealkylation sites (N-methyl/N-ethyl adjacent to an activating group) is 1. The standard InChI is InChI=1S/C17H28N2O2/c1-19(2)10-12-21-11-9-18-17-6-4-5-14-13-15(20-3)7-8-16(14)17/h7-8,13,17-18H,4-6,9-12H2,1-3H3. The molecule has 4 nitrogen and oxygen atoms in total. The highest BCUT2D eigenvalue weighted by atomic mass is 16.5. The van der Waals surface area contributed by atoms with Gasteiger partial charge in [0.1, 0.15) is 5.75 Å². The first kappa shape index (κ1) is 16.3. The van der Waals surface area contributed by atoms with E-state index in [1.807, 2.05) is 0 Å². The van der Waals surface area contributed by atoms with E-state index < -0.39 is 0 Å². The zero-order chi connectivity index (χ0) is 15.1. The monoisotopic (exact) mass is 292 g/mol. The van der Waals surface area contributed by atoms with E-state index in [0.717, 1.165) is 38.5 Å². The van der Waals surface area contributed by atoms with Crippen LogP contribution in [0.1, 0.15) is 30.0 Å². The molecule has 21 heavy (non-hydrogen) atoms. The van der Waals surface area contributed by atoms with E-state index >= 15 is 0 Å². The molecule has 2 rings (SSSR count). The van der Waals surface area contributed by atoms with Crippen molar-refractivity contribution in [1.82, 2.24) is 10.2 Å². The highest BCUT2D eigenvalue weighted by Crippen LogP contribution is 2.31. The fourth-order valence-corrected chi connectivity index (χ4v) is 2.78. The minimum absolute atomic E-state index is 0.456. The Hall–Kier alpha value is -1.10. The largest absolute Gasteiger partial charge is 0.497 e. The van der Waals surface area contributed by atoms with Crippen LogP contribution in [-0.2, 0) is 11.2 Å². The molecule has 4 heteroatoms. The van der Waals surface area contributed by atoms with Crippen LogP contribution >= 0.6 is 0 Å². The molecular weight excluding hydrogens is 264 g/mol. The molecule has 0 saturated carbocycles. The van der Waals surface area contributed by atoms with Crippen molar-refractivity contribution in [2.24, 2.45) is 0 Å². The molecule has 0 fully saturated rings. The Balaban J connectivity index is 1.78. The van der Waals surface area contributed by atoms with Gasteiger partial charge >= 0.3 is 0 Å². The number of benzene rings is 1. The van der Waals surface area contributed by atoms with Crippen molar-refractivity contribution in [3.8, 4) is 5.75 Å². The van der Waals surface area contributed by atoms with E-state index in [4.69, 9.17) is 9.47 Å². The number of rotatable bonds is 8. The number of nitrogens with zero attached hydrogens (tertiary/aromatic N) is 1. The summed E-state index contributed by atoms with van der Waals surface area (Å²) in [5.74, 6) is 0.960. The van der Waals surface area contributed by atoms with Gasteiger partial charge in [0.25, 0.3) is 0 Å². The van der Waals surface area contributed by atoms with E-state index in [0.29, 0.717) is 6.04 Å². The number of hydrogen-bond donors (Lipinski definition) is 1. The Kier molecular flexibility index (Phi) is 6.49. The quantitative estimate of drug-likeness (QED) is 0.745. The maximum absolute atomic E-state index is 5.64. The van der Waals surface area contributed by atoms with Crippen LogP contribution in [0.15, 0.2) is 18.2 Å². The average Bonchev–Trinajstić information content (AvgIpc) is 2.49. The molecule has 1 N–H and O–H groups in total. The lowest BCUT2D eigenvalue weighted by Crippen LogP contribution is -2.29. The van der Waals surface area contributed by atoms with Crippen LogP contribution in [0, 0.1) is 0 Å². The Morgan fingerprint density at radius 2 is 2.14 bits per heavy atom. The first-order valence-corrected chi connectivity index (χ1v) is 7.83. The maximum atomic E-state index is 5.64. The van der Waals surface area contributed by atoms with Crippen LogP contribution < -0.4 is 10.1 Å². The summed E-state index contributed by atoms with van der Waals surface area (Å²) in [5.41, 5.74) is 2.85. The average molecular weight is 292 g/mol. The molecule has 1 aliphatic rings. The molecule has 0 saturated heterocycles. The molecule has 0 aliphatic heterocycles. The van der Waals surface area contributed by atoms with Gasteiger partial charge in [-0.1, -0.05) is 6.07 Å². The molecule has 1 aromatic rings. The van der Waals surface area contributed by atoms with Crippen molar-refractivity contribution in [1.29, 1.82) is 0 Å². The molecule has 1 aromatic carbocycles. The van der Waals surface area contributed by atoms with Gasteiger partial charge in [-0.15, -0.1) is 0 Å². The van der Waals surface area contributed by atoms with Crippen molar-refractivity contribution in [3.63, 3.8) is 0 Å². The van der Waals surface area contributed by atoms with E-state index in [2.05, 4.69) is 42.5 Å². The molecular formula is C17H28N2O2. The summed E-state index contributed by atoms with van der Waals surface area (Å²) in [6.07, 6.45) is 3.60. The number of ether oxygens (including phenoxy) is 2. The van der Waals surface area contributed by atoms with Crippen molar-refractivity contribution >= 4 is 0 Å². The molecule has 0 radical (unpaired) electrons. The summed E-state index contributed by atoms with van der Waals surface area (Å²) in [4.78, 5) is 2.14. The zero-order valence-electron chi connectivity index (χ0n) is 13.5. The highest BCUT2D eigenvalue weighted by Gasteiger charge is 2.19. The van der Waals surface area contributed by atoms with Crippen LogP contribution in [0.2, 0.25) is 0 Å². The maximum Gasteiger partial charge on any atom is 0.119 e. The Bertz CT molecular complexity index is 435. The van der Waals surface area contributed by atoms with E-state index in [1.54, 1.807) is 7.11 Å². The Labute approximate surface area is 128 Å². The fourth-order valence-electron chi connectivity index (χ4n) is 2.78. The van der Waals surface area contributed by atoms with E-state index in [1.165, 1.54) is 24.0 Å². The number of fused-ring (bicyclic) bond motifs is 1. The molecule has 0 amide bonds. The van der Waals surface area contributed by atoms with Crippen LogP contribution in [0.3, 0.4) is 0 Å². The molecule has 1 atom stereocenters. The summed E-state index contributed by atoms with van der Waals surface area (Å²) >= 11 is 0. The smallest absolute Gasteiger partial charge is 0.119 e. The van der Waals surface area contributed by atoms with Gasteiger partial charge in [-0.25, -0.2) is 0 Å². The van der Waals surface area contributed by atoms with Crippen LogP contribution in [0.5, 0.6) is 5.75 Å². The van der Waals surface area contributed by atoms with Gasteiger partial charge < -0.3 is 19.7 Å². The SMILES string of the molecule is COc1ccc2c(c1)CCCC2NCCOCCN(C)C. The molecule has 1 unspecified atom stereocenters. The molecule has 118 valence electrons. The Morgan fingerprint density at radius 3 is 2.90 bits per heavy atom. The summed E-state index contributed by atoms with van der Waals surface area (Å²) in [5, 5.41) is 3.62. The summed E-state index contributed by atoms with van der Waals surface area (Å²) < 4.78 is 11.0. The van der Waals surface area contributed by atoms with E-state index in [-0.39, 0.29) is 0 Å². The summed E-state index contributed by atoms with van der Waals surface area (Å²) in [6.45, 7) is 3.46. The second-order valence-electron chi connectivity index (χ2n) is 5.88. The Morgan fingerprint density at radius 1 is 1.29 bits per heavy atom. The summed E-state index contributed by atoms with van der Waals surface area (Å²) in [7, 11) is 5.86. The lowest BCUT2D eigenvalue weighted by molar-refractivity contribution is 0.117. The van der Waals surface area contributed by atoms with Gasteiger partial charge in [-0.3, -0.25) is 0 Å². The van der Waals surface area contributed by atoms with Gasteiger partial charge in [0.05, 0.1) is 20.3 Å². The predicted molar refractivity (Wildman–Crippen MR) is 86.0 cm³/mol. The van der Waals surface area contributed by atoms with Gasteiger partial charge in [0.15, 0.2) is 0 Å². The minimum Gasteiger partial charge on any atom is -0.497 e. The number of hydrogen-bond acceptors (Lipinski definition) is 4. The molecule has 1 aliphatic carbocycles. The van der Waals surface area contributed by atoms with Gasteiger partial charge in [-0.2, -0.15) is 0 Å². The lowest BCUT2D eigenvalue weighted by Gasteiger charge is -2.27. The third kappa shape index (κ3) is 4.99. The number of methoxy groups -OCH3 is 1. The predicted octanol–water partition coefficient (Wildman–Crippen LogP) is 2.24. The van der Waals surface area contributed by atoms with Gasteiger partial charge in [-0.05, 0) is 56.6 Å². The molecule has 0 spiro atoms. The number of aryl methyl sites for hydroxylation is 1. The van der Waals surface area contributed by atoms with Crippen LogP contribution in [0.4, 0.5) is 0 Å². The first-order chi connectivity index (χ1) is 10.2. The van der Waals surface area contributed by atoms with Crippen LogP contribution in [0.25, 0.3) is 0 Å². The molecule has 0 aromatic heterocycles. The van der Waals surface area contributed by atoms with Crippen molar-refractivity contribution in [3.05, 3.63) is 29.3 Å². The molecule has 0 heterocycles. The number of nitrogens with one attached hydrogen (secondary N) is 1. The third-order valence-electron chi connectivity index (χ3n) is 3.98. The second kappa shape index (κ2) is 8.37. The topological polar surface area (TPSA) is 33.7 Å². The van der Waals surface area contributed by atoms with Crippen molar-refractivity contribution in [2.45, 2.75) is 25.3 Å². The van der Waals surface area contributed by atoms with Gasteiger partial charge in [0, 0.05) is 19.1 Å². The first-order valence-electron chi connectivity index (χ1n) is 7.83. The third-order valence-corrected chi connectivity index (χ3v) is 3.98. The van der Waals surface area contributed by atoms with Gasteiger partial charge in [0.2, 0.25) is 0 Å². The van der Waals surface area contributed by atoms with Crippen molar-refractivity contribution in [2.75, 3.05) is 47.5 Å². The van der Waals surface area contributed by atoms with E-state index in [9.17, 15) is 0 Å². The van der Waals surface area contributed by atoms with Crippen LogP contribution in [-0.4, -0.2) is 52.4 Å². The van der Waals surface area contributed by atoms with Crippen molar-refractivity contribution < 1.29 is 9.47 Å². The normalized spacial score (nSPS) is 17.8. The molecule has 0 bridgehead atoms. The fraction of sp³-hybridized carbons (Fsp3) is 0.647. The summed E-state index contributed by atoms with van der Waals surface area (Å²) in [6, 6.07) is 6.90. The zero-order valence-corrected chi connectivity index (χ0v) is 13.5. The second-order valence-corrected chi connectivity index (χ2v) is 5.88. The lowest BCUT2D eigenvalue weighted by atomic mass is 9.87. The minimum atomic E-state index is 0.456. The highest BCUT2D eigenvalue weighted by molar-refractivity contribution is 5.39.